The van der Waals surface area contributed by atoms with Gasteiger partial charge < -0.3 is 15.4 Å². The Hall–Kier alpha value is -1.69. The number of anilines is 1. The molecule has 1 unspecified atom stereocenters. The van der Waals surface area contributed by atoms with E-state index in [0.717, 1.165) is 18.7 Å². The van der Waals surface area contributed by atoms with Crippen LogP contribution in [0.5, 0.6) is 5.75 Å². The summed E-state index contributed by atoms with van der Waals surface area (Å²) >= 11 is 0. The first-order chi connectivity index (χ1) is 8.61. The first kappa shape index (κ1) is 12.8. The van der Waals surface area contributed by atoms with Gasteiger partial charge in [0.05, 0.1) is 18.7 Å². The second-order valence-electron chi connectivity index (χ2n) is 4.15. The molecule has 0 aliphatic carbocycles. The molecule has 1 fully saturated rings. The molecule has 0 radical (unpaired) electrons. The Balaban J connectivity index is 2.13. The van der Waals surface area contributed by atoms with E-state index in [4.69, 9.17) is 0 Å². The molecule has 1 atom stereocenters. The summed E-state index contributed by atoms with van der Waals surface area (Å²) in [6.45, 7) is 1.32. The van der Waals surface area contributed by atoms with Gasteiger partial charge in [0.2, 0.25) is 5.91 Å². The summed E-state index contributed by atoms with van der Waals surface area (Å²) in [6, 6.07) is 1.84. The fraction of sp³-hybridized carbons (Fsp3) is 0.417. The van der Waals surface area contributed by atoms with Crippen LogP contribution in [0.3, 0.4) is 0 Å². The van der Waals surface area contributed by atoms with Crippen LogP contribution >= 0.6 is 0 Å². The van der Waals surface area contributed by atoms with Crippen LogP contribution < -0.4 is 15.4 Å². The number of rotatable bonds is 3. The maximum Gasteiger partial charge on any atom is 0.228 e. The van der Waals surface area contributed by atoms with Crippen molar-refractivity contribution in [2.24, 2.45) is 5.92 Å². The van der Waals surface area contributed by atoms with Crippen molar-refractivity contribution >= 4 is 11.6 Å². The number of hydrogen-bond donors (Lipinski definition) is 2. The normalized spacial score (nSPS) is 18.7. The summed E-state index contributed by atoms with van der Waals surface area (Å²) in [5.41, 5.74) is -0.162. The topological polar surface area (TPSA) is 50.4 Å². The summed E-state index contributed by atoms with van der Waals surface area (Å²) in [7, 11) is 1.25. The third kappa shape index (κ3) is 2.59. The number of halogens is 2. The molecule has 18 heavy (non-hydrogen) atoms. The molecule has 1 saturated heterocycles. The summed E-state index contributed by atoms with van der Waals surface area (Å²) in [4.78, 5) is 11.8. The van der Waals surface area contributed by atoms with Crippen LogP contribution in [0.2, 0.25) is 0 Å². The molecular formula is C12H14F2N2O2. The van der Waals surface area contributed by atoms with Gasteiger partial charge >= 0.3 is 0 Å². The van der Waals surface area contributed by atoms with Crippen LogP contribution in [0.1, 0.15) is 6.42 Å². The molecular weight excluding hydrogens is 242 g/mol. The van der Waals surface area contributed by atoms with Crippen molar-refractivity contribution in [2.45, 2.75) is 6.42 Å². The summed E-state index contributed by atoms with van der Waals surface area (Å²) in [6.07, 6.45) is 0.700. The van der Waals surface area contributed by atoms with Crippen LogP contribution in [-0.2, 0) is 4.79 Å². The van der Waals surface area contributed by atoms with E-state index in [1.165, 1.54) is 7.11 Å². The average Bonchev–Trinajstić information content (AvgIpc) is 2.87. The number of hydrogen-bond acceptors (Lipinski definition) is 3. The van der Waals surface area contributed by atoms with Gasteiger partial charge in [-0.15, -0.1) is 0 Å². The van der Waals surface area contributed by atoms with Gasteiger partial charge in [-0.3, -0.25) is 4.79 Å². The second kappa shape index (κ2) is 5.30. The monoisotopic (exact) mass is 256 g/mol. The zero-order valence-corrected chi connectivity index (χ0v) is 9.93. The maximum absolute atomic E-state index is 13.6. The summed E-state index contributed by atoms with van der Waals surface area (Å²) in [5.74, 6) is -2.11. The lowest BCUT2D eigenvalue weighted by molar-refractivity contribution is -0.119. The standard InChI is InChI=1S/C12H14F2N2O2/c1-18-11-5-8(13)10(4-9(11)14)16-12(17)7-2-3-15-6-7/h4-5,7,15H,2-3,6H2,1H3,(H,16,17). The van der Waals surface area contributed by atoms with E-state index in [0.29, 0.717) is 13.0 Å². The molecule has 1 aliphatic heterocycles. The molecule has 2 rings (SSSR count). The Bertz CT molecular complexity index is 460. The summed E-state index contributed by atoms with van der Waals surface area (Å²) in [5, 5.41) is 5.43. The van der Waals surface area contributed by atoms with Crippen molar-refractivity contribution in [3.8, 4) is 5.75 Å². The number of amides is 1. The van der Waals surface area contributed by atoms with E-state index in [2.05, 4.69) is 15.4 Å². The summed E-state index contributed by atoms with van der Waals surface area (Å²) < 4.78 is 31.6. The number of carbonyl (C=O) groups is 1. The molecule has 98 valence electrons. The minimum absolute atomic E-state index is 0.162. The van der Waals surface area contributed by atoms with Crippen molar-refractivity contribution < 1.29 is 18.3 Å². The van der Waals surface area contributed by atoms with E-state index in [-0.39, 0.29) is 23.3 Å². The smallest absolute Gasteiger partial charge is 0.228 e. The highest BCUT2D eigenvalue weighted by molar-refractivity contribution is 5.93. The van der Waals surface area contributed by atoms with Crippen molar-refractivity contribution in [1.82, 2.24) is 5.32 Å². The van der Waals surface area contributed by atoms with Crippen molar-refractivity contribution in [1.29, 1.82) is 0 Å². The molecule has 1 heterocycles. The van der Waals surface area contributed by atoms with Gasteiger partial charge in [-0.1, -0.05) is 0 Å². The van der Waals surface area contributed by atoms with E-state index in [1.54, 1.807) is 0 Å². The lowest BCUT2D eigenvalue weighted by Gasteiger charge is -2.11. The van der Waals surface area contributed by atoms with Crippen molar-refractivity contribution in [3.05, 3.63) is 23.8 Å². The minimum Gasteiger partial charge on any atom is -0.494 e. The highest BCUT2D eigenvalue weighted by Crippen LogP contribution is 2.25. The molecule has 4 nitrogen and oxygen atoms in total. The Morgan fingerprint density at radius 3 is 2.83 bits per heavy atom. The van der Waals surface area contributed by atoms with Crippen molar-refractivity contribution in [2.75, 3.05) is 25.5 Å². The Morgan fingerprint density at radius 1 is 1.44 bits per heavy atom. The first-order valence-corrected chi connectivity index (χ1v) is 5.66. The molecule has 0 bridgehead atoms. The minimum atomic E-state index is -0.715. The zero-order chi connectivity index (χ0) is 13.1. The third-order valence-electron chi connectivity index (χ3n) is 2.93. The SMILES string of the molecule is COc1cc(F)c(NC(=O)C2CCNC2)cc1F. The van der Waals surface area contributed by atoms with Crippen LogP contribution in [0.25, 0.3) is 0 Å². The first-order valence-electron chi connectivity index (χ1n) is 5.66. The van der Waals surface area contributed by atoms with Gasteiger partial charge in [-0.2, -0.15) is 0 Å². The molecule has 1 amide bonds. The largest absolute Gasteiger partial charge is 0.494 e. The molecule has 1 aromatic rings. The average molecular weight is 256 g/mol. The number of ether oxygens (including phenoxy) is 1. The van der Waals surface area contributed by atoms with Gasteiger partial charge in [0, 0.05) is 18.7 Å². The van der Waals surface area contributed by atoms with E-state index >= 15 is 0 Å². The molecule has 6 heteroatoms. The number of methoxy groups -OCH3 is 1. The highest BCUT2D eigenvalue weighted by atomic mass is 19.1. The van der Waals surface area contributed by atoms with Gasteiger partial charge in [-0.25, -0.2) is 8.78 Å². The molecule has 0 saturated carbocycles. The third-order valence-corrected chi connectivity index (χ3v) is 2.93. The Kier molecular flexibility index (Phi) is 3.76. The fourth-order valence-electron chi connectivity index (χ4n) is 1.89. The van der Waals surface area contributed by atoms with Crippen LogP contribution in [0.15, 0.2) is 12.1 Å². The Labute approximate surface area is 103 Å². The molecule has 2 N–H and O–H groups in total. The lowest BCUT2D eigenvalue weighted by atomic mass is 10.1. The van der Waals surface area contributed by atoms with Gasteiger partial charge in [-0.05, 0) is 13.0 Å². The predicted molar refractivity (Wildman–Crippen MR) is 62.5 cm³/mol. The van der Waals surface area contributed by atoms with Gasteiger partial charge in [0.1, 0.15) is 0 Å². The predicted octanol–water partition coefficient (Wildman–Crippen LogP) is 1.52. The van der Waals surface area contributed by atoms with Gasteiger partial charge in [0.15, 0.2) is 17.4 Å². The van der Waals surface area contributed by atoms with Crippen LogP contribution in [0.4, 0.5) is 14.5 Å². The highest BCUT2D eigenvalue weighted by Gasteiger charge is 2.23. The molecule has 1 aromatic carbocycles. The number of nitrogens with one attached hydrogen (secondary N) is 2. The zero-order valence-electron chi connectivity index (χ0n) is 9.93. The quantitative estimate of drug-likeness (QED) is 0.862. The van der Waals surface area contributed by atoms with Crippen LogP contribution in [-0.4, -0.2) is 26.1 Å². The second-order valence-corrected chi connectivity index (χ2v) is 4.15. The van der Waals surface area contributed by atoms with Crippen LogP contribution in [0, 0.1) is 17.6 Å². The van der Waals surface area contributed by atoms with E-state index in [9.17, 15) is 13.6 Å². The number of carbonyl (C=O) groups excluding carboxylic acids is 1. The van der Waals surface area contributed by atoms with Crippen molar-refractivity contribution in [3.63, 3.8) is 0 Å². The maximum atomic E-state index is 13.6. The Morgan fingerprint density at radius 2 is 2.22 bits per heavy atom. The fourth-order valence-corrected chi connectivity index (χ4v) is 1.89. The van der Waals surface area contributed by atoms with Gasteiger partial charge in [0.25, 0.3) is 0 Å². The van der Waals surface area contributed by atoms with E-state index in [1.807, 2.05) is 0 Å². The molecule has 0 aromatic heterocycles. The molecule has 1 aliphatic rings. The van der Waals surface area contributed by atoms with E-state index < -0.39 is 11.6 Å². The molecule has 0 spiro atoms. The number of benzene rings is 1. The lowest BCUT2D eigenvalue weighted by Crippen LogP contribution is -2.25.